The number of ether oxygens (including phenoxy) is 1. The second-order valence-corrected chi connectivity index (χ2v) is 4.66. The number of rotatable bonds is 6. The van der Waals surface area contributed by atoms with Gasteiger partial charge in [0.15, 0.2) is 0 Å². The topological polar surface area (TPSA) is 24.5 Å². The Morgan fingerprint density at radius 3 is 3.06 bits per heavy atom. The maximum atomic E-state index is 5.70. The lowest BCUT2D eigenvalue weighted by Gasteiger charge is -2.20. The van der Waals surface area contributed by atoms with Gasteiger partial charge in [0.2, 0.25) is 0 Å². The maximum absolute atomic E-state index is 5.70. The highest BCUT2D eigenvalue weighted by atomic mass is 16.5. The molecular weight excluding hydrogens is 212 g/mol. The third kappa shape index (κ3) is 3.20. The molecule has 0 radical (unpaired) electrons. The van der Waals surface area contributed by atoms with Crippen LogP contribution in [0.25, 0.3) is 0 Å². The molecule has 0 saturated carbocycles. The van der Waals surface area contributed by atoms with Crippen LogP contribution in [0.3, 0.4) is 0 Å². The molecule has 1 aliphatic heterocycles. The summed E-state index contributed by atoms with van der Waals surface area (Å²) in [7, 11) is 2.18. The fourth-order valence-corrected chi connectivity index (χ4v) is 2.29. The summed E-state index contributed by atoms with van der Waals surface area (Å²) in [4.78, 5) is 2.37. The molecule has 0 bridgehead atoms. The Hall–Kier alpha value is -1.06. The summed E-state index contributed by atoms with van der Waals surface area (Å²) in [5.74, 6) is 1.59. The zero-order chi connectivity index (χ0) is 12.1. The van der Waals surface area contributed by atoms with Crippen LogP contribution in [0.1, 0.15) is 18.4 Å². The SMILES string of the molecule is CCNCCN(C)CC1COc2ccccc21. The van der Waals surface area contributed by atoms with Crippen molar-refractivity contribution in [2.75, 3.05) is 39.8 Å². The minimum Gasteiger partial charge on any atom is -0.493 e. The van der Waals surface area contributed by atoms with Crippen LogP contribution in [0.5, 0.6) is 5.75 Å². The van der Waals surface area contributed by atoms with Crippen LogP contribution in [-0.4, -0.2) is 44.7 Å². The maximum Gasteiger partial charge on any atom is 0.122 e. The molecule has 0 aliphatic carbocycles. The number of benzene rings is 1. The number of hydrogen-bond donors (Lipinski definition) is 1. The van der Waals surface area contributed by atoms with Gasteiger partial charge in [0.05, 0.1) is 6.61 Å². The van der Waals surface area contributed by atoms with Gasteiger partial charge in [-0.05, 0) is 19.7 Å². The van der Waals surface area contributed by atoms with E-state index in [9.17, 15) is 0 Å². The van der Waals surface area contributed by atoms with Crippen LogP contribution in [-0.2, 0) is 0 Å². The molecule has 0 saturated heterocycles. The van der Waals surface area contributed by atoms with E-state index < -0.39 is 0 Å². The predicted octanol–water partition coefficient (Wildman–Crippen LogP) is 1.70. The lowest BCUT2D eigenvalue weighted by Crippen LogP contribution is -2.32. The highest BCUT2D eigenvalue weighted by Crippen LogP contribution is 2.33. The van der Waals surface area contributed by atoms with Crippen LogP contribution in [0, 0.1) is 0 Å². The summed E-state index contributed by atoms with van der Waals surface area (Å²) in [6, 6.07) is 8.38. The zero-order valence-corrected chi connectivity index (χ0v) is 10.8. The van der Waals surface area contributed by atoms with Crippen molar-refractivity contribution < 1.29 is 4.74 Å². The van der Waals surface area contributed by atoms with E-state index in [0.717, 1.165) is 38.5 Å². The molecule has 3 heteroatoms. The van der Waals surface area contributed by atoms with Crippen molar-refractivity contribution in [2.24, 2.45) is 0 Å². The van der Waals surface area contributed by atoms with Crippen LogP contribution in [0.4, 0.5) is 0 Å². The Morgan fingerprint density at radius 1 is 1.41 bits per heavy atom. The van der Waals surface area contributed by atoms with Crippen molar-refractivity contribution in [2.45, 2.75) is 12.8 Å². The third-order valence-corrected chi connectivity index (χ3v) is 3.25. The average Bonchev–Trinajstić information content (AvgIpc) is 2.73. The minimum absolute atomic E-state index is 0.526. The van der Waals surface area contributed by atoms with Gasteiger partial charge in [-0.2, -0.15) is 0 Å². The lowest BCUT2D eigenvalue weighted by molar-refractivity contribution is 0.267. The number of nitrogens with one attached hydrogen (secondary N) is 1. The molecule has 1 aromatic carbocycles. The van der Waals surface area contributed by atoms with Crippen molar-refractivity contribution in [3.63, 3.8) is 0 Å². The van der Waals surface area contributed by atoms with E-state index in [1.54, 1.807) is 0 Å². The van der Waals surface area contributed by atoms with E-state index in [4.69, 9.17) is 4.74 Å². The van der Waals surface area contributed by atoms with Gasteiger partial charge < -0.3 is 15.0 Å². The molecule has 1 unspecified atom stereocenters. The average molecular weight is 234 g/mol. The molecule has 0 amide bonds. The summed E-state index contributed by atoms with van der Waals surface area (Å²) >= 11 is 0. The molecule has 0 aromatic heterocycles. The van der Waals surface area contributed by atoms with E-state index >= 15 is 0 Å². The fourth-order valence-electron chi connectivity index (χ4n) is 2.29. The first-order valence-corrected chi connectivity index (χ1v) is 6.42. The van der Waals surface area contributed by atoms with Crippen molar-refractivity contribution in [3.8, 4) is 5.75 Å². The third-order valence-electron chi connectivity index (χ3n) is 3.25. The molecule has 0 spiro atoms. The minimum atomic E-state index is 0.526. The van der Waals surface area contributed by atoms with Crippen molar-refractivity contribution >= 4 is 0 Å². The predicted molar refractivity (Wildman–Crippen MR) is 70.7 cm³/mol. The smallest absolute Gasteiger partial charge is 0.122 e. The number of para-hydroxylation sites is 1. The fraction of sp³-hybridized carbons (Fsp3) is 0.571. The van der Waals surface area contributed by atoms with Gasteiger partial charge in [-0.25, -0.2) is 0 Å². The number of likely N-dealkylation sites (N-methyl/N-ethyl adjacent to an activating group) is 2. The first-order chi connectivity index (χ1) is 8.31. The monoisotopic (exact) mass is 234 g/mol. The molecule has 3 nitrogen and oxygen atoms in total. The molecule has 1 aromatic rings. The van der Waals surface area contributed by atoms with E-state index in [1.807, 2.05) is 6.07 Å². The van der Waals surface area contributed by atoms with Gasteiger partial charge in [-0.1, -0.05) is 25.1 Å². The lowest BCUT2D eigenvalue weighted by atomic mass is 10.0. The summed E-state index contributed by atoms with van der Waals surface area (Å²) in [6.07, 6.45) is 0. The summed E-state index contributed by atoms with van der Waals surface area (Å²) < 4.78 is 5.70. The standard InChI is InChI=1S/C14H22N2O/c1-3-15-8-9-16(2)10-12-11-17-14-7-5-4-6-13(12)14/h4-7,12,15H,3,8-11H2,1-2H3. The molecule has 1 atom stereocenters. The van der Waals surface area contributed by atoms with E-state index in [1.165, 1.54) is 5.56 Å². The molecule has 1 N–H and O–H groups in total. The first-order valence-electron chi connectivity index (χ1n) is 6.42. The Kier molecular flexibility index (Phi) is 4.40. The highest BCUT2D eigenvalue weighted by Gasteiger charge is 2.24. The normalized spacial score (nSPS) is 18.2. The quantitative estimate of drug-likeness (QED) is 0.758. The highest BCUT2D eigenvalue weighted by molar-refractivity contribution is 5.39. The van der Waals surface area contributed by atoms with Crippen LogP contribution in [0.2, 0.25) is 0 Å². The summed E-state index contributed by atoms with van der Waals surface area (Å²) in [5.41, 5.74) is 1.36. The van der Waals surface area contributed by atoms with Gasteiger partial charge in [-0.3, -0.25) is 0 Å². The van der Waals surface area contributed by atoms with Gasteiger partial charge in [-0.15, -0.1) is 0 Å². The molecular formula is C14H22N2O. The molecule has 94 valence electrons. The van der Waals surface area contributed by atoms with E-state index in [2.05, 4.69) is 42.4 Å². The van der Waals surface area contributed by atoms with Gasteiger partial charge >= 0.3 is 0 Å². The molecule has 1 aliphatic rings. The summed E-state index contributed by atoms with van der Waals surface area (Å²) in [6.45, 7) is 7.23. The second kappa shape index (κ2) is 6.03. The zero-order valence-electron chi connectivity index (χ0n) is 10.8. The Morgan fingerprint density at radius 2 is 2.24 bits per heavy atom. The number of nitrogens with zero attached hydrogens (tertiary/aromatic N) is 1. The first kappa shape index (κ1) is 12.4. The Balaban J connectivity index is 1.84. The van der Waals surface area contributed by atoms with E-state index in [0.29, 0.717) is 5.92 Å². The van der Waals surface area contributed by atoms with Crippen molar-refractivity contribution in [3.05, 3.63) is 29.8 Å². The molecule has 0 fully saturated rings. The van der Waals surface area contributed by atoms with Gasteiger partial charge in [0.1, 0.15) is 5.75 Å². The van der Waals surface area contributed by atoms with Crippen LogP contribution < -0.4 is 10.1 Å². The molecule has 1 heterocycles. The largest absolute Gasteiger partial charge is 0.493 e. The van der Waals surface area contributed by atoms with Crippen molar-refractivity contribution in [1.82, 2.24) is 10.2 Å². The Labute approximate surface area is 104 Å². The van der Waals surface area contributed by atoms with E-state index in [-0.39, 0.29) is 0 Å². The molecule has 17 heavy (non-hydrogen) atoms. The van der Waals surface area contributed by atoms with Gasteiger partial charge in [0.25, 0.3) is 0 Å². The van der Waals surface area contributed by atoms with Crippen LogP contribution in [0.15, 0.2) is 24.3 Å². The Bertz CT molecular complexity index is 354. The van der Waals surface area contributed by atoms with Crippen molar-refractivity contribution in [1.29, 1.82) is 0 Å². The number of fused-ring (bicyclic) bond motifs is 1. The summed E-state index contributed by atoms with van der Waals surface area (Å²) in [5, 5.41) is 3.35. The number of hydrogen-bond acceptors (Lipinski definition) is 3. The van der Waals surface area contributed by atoms with Crippen LogP contribution >= 0.6 is 0 Å². The van der Waals surface area contributed by atoms with Gasteiger partial charge in [0, 0.05) is 31.1 Å². The second-order valence-electron chi connectivity index (χ2n) is 4.66. The molecule has 2 rings (SSSR count).